The van der Waals surface area contributed by atoms with Gasteiger partial charge in [0.1, 0.15) is 11.6 Å². The fourth-order valence-electron chi connectivity index (χ4n) is 3.41. The van der Waals surface area contributed by atoms with E-state index >= 15 is 0 Å². The average Bonchev–Trinajstić information content (AvgIpc) is 2.75. The number of carbonyl (C=O) groups excluding carboxylic acids is 1. The second-order valence-corrected chi connectivity index (χ2v) is 6.91. The molecule has 1 saturated heterocycles. The number of piperazine rings is 1. The lowest BCUT2D eigenvalue weighted by Crippen LogP contribution is -2.49. The Kier molecular flexibility index (Phi) is 7.25. The van der Waals surface area contributed by atoms with Crippen LogP contribution in [0.3, 0.4) is 0 Å². The summed E-state index contributed by atoms with van der Waals surface area (Å²) in [6.45, 7) is 4.42. The first-order valence-corrected chi connectivity index (χ1v) is 9.78. The normalized spacial score (nSPS) is 14.2. The minimum Gasteiger partial charge on any atom is -0.497 e. The summed E-state index contributed by atoms with van der Waals surface area (Å²) in [5, 5.41) is 3.24. The Bertz CT molecular complexity index is 759. The van der Waals surface area contributed by atoms with E-state index in [4.69, 9.17) is 4.74 Å². The molecule has 3 rings (SSSR count). The van der Waals surface area contributed by atoms with E-state index in [1.165, 1.54) is 6.07 Å². The molecule has 0 unspecified atom stereocenters. The van der Waals surface area contributed by atoms with Crippen LogP contribution < -0.4 is 15.0 Å². The molecule has 1 fully saturated rings. The van der Waals surface area contributed by atoms with Crippen LogP contribution >= 0.6 is 0 Å². The summed E-state index contributed by atoms with van der Waals surface area (Å²) in [6, 6.07) is 14.8. The van der Waals surface area contributed by atoms with Gasteiger partial charge in [-0.15, -0.1) is 0 Å². The number of amides is 1. The molecule has 0 spiro atoms. The molecule has 1 aliphatic heterocycles. The average molecular weight is 385 g/mol. The zero-order valence-electron chi connectivity index (χ0n) is 16.4. The monoisotopic (exact) mass is 385 g/mol. The van der Waals surface area contributed by atoms with Gasteiger partial charge in [0.05, 0.1) is 7.11 Å². The number of carbonyl (C=O) groups is 1. The Morgan fingerprint density at radius 2 is 1.75 bits per heavy atom. The highest BCUT2D eigenvalue weighted by Gasteiger charge is 2.20. The number of rotatable bonds is 8. The number of benzene rings is 2. The van der Waals surface area contributed by atoms with Crippen LogP contribution in [0.4, 0.5) is 10.1 Å². The van der Waals surface area contributed by atoms with E-state index in [0.717, 1.165) is 37.6 Å². The molecule has 0 aromatic heterocycles. The summed E-state index contributed by atoms with van der Waals surface area (Å²) in [5.74, 6) is 0.850. The molecule has 1 heterocycles. The Balaban J connectivity index is 1.34. The zero-order chi connectivity index (χ0) is 19.8. The van der Waals surface area contributed by atoms with Gasteiger partial charge < -0.3 is 19.9 Å². The molecule has 0 atom stereocenters. The summed E-state index contributed by atoms with van der Waals surface area (Å²) in [5.41, 5.74) is 1.86. The molecule has 6 heteroatoms. The summed E-state index contributed by atoms with van der Waals surface area (Å²) < 4.78 is 18.8. The first-order valence-electron chi connectivity index (χ1n) is 9.78. The van der Waals surface area contributed by atoms with Gasteiger partial charge in [0.2, 0.25) is 5.91 Å². The maximum absolute atomic E-state index is 13.6. The summed E-state index contributed by atoms with van der Waals surface area (Å²) in [6.07, 6.45) is 1.10. The van der Waals surface area contributed by atoms with Crippen molar-refractivity contribution in [2.24, 2.45) is 0 Å². The zero-order valence-corrected chi connectivity index (χ0v) is 16.4. The molecule has 1 aliphatic rings. The van der Waals surface area contributed by atoms with Crippen LogP contribution in [0.25, 0.3) is 0 Å². The van der Waals surface area contributed by atoms with Crippen molar-refractivity contribution in [3.63, 3.8) is 0 Å². The largest absolute Gasteiger partial charge is 0.497 e. The van der Waals surface area contributed by atoms with E-state index in [9.17, 15) is 9.18 Å². The smallest absolute Gasteiger partial charge is 0.223 e. The van der Waals surface area contributed by atoms with E-state index in [1.54, 1.807) is 19.2 Å². The van der Waals surface area contributed by atoms with Gasteiger partial charge in [0.15, 0.2) is 0 Å². The molecule has 2 aromatic carbocycles. The number of ether oxygens (including phenoxy) is 1. The quantitative estimate of drug-likeness (QED) is 0.710. The van der Waals surface area contributed by atoms with Gasteiger partial charge in [0, 0.05) is 44.8 Å². The number of nitrogens with one attached hydrogen (secondary N) is 1. The van der Waals surface area contributed by atoms with Gasteiger partial charge in [-0.25, -0.2) is 4.39 Å². The third-order valence-electron chi connectivity index (χ3n) is 5.11. The minimum absolute atomic E-state index is 0.171. The fraction of sp³-hybridized carbons (Fsp3) is 0.409. The third kappa shape index (κ3) is 5.45. The molecule has 0 saturated carbocycles. The van der Waals surface area contributed by atoms with Crippen molar-refractivity contribution < 1.29 is 13.9 Å². The molecule has 0 bridgehead atoms. The van der Waals surface area contributed by atoms with Gasteiger partial charge >= 0.3 is 0 Å². The van der Waals surface area contributed by atoms with E-state index in [2.05, 4.69) is 22.3 Å². The molecule has 28 heavy (non-hydrogen) atoms. The number of methoxy groups -OCH3 is 1. The van der Waals surface area contributed by atoms with Crippen molar-refractivity contribution in [1.82, 2.24) is 10.2 Å². The first kappa shape index (κ1) is 20.1. The van der Waals surface area contributed by atoms with Crippen LogP contribution in [0.2, 0.25) is 0 Å². The van der Waals surface area contributed by atoms with Crippen LogP contribution in [0, 0.1) is 5.82 Å². The van der Waals surface area contributed by atoms with Crippen molar-refractivity contribution >= 4 is 11.6 Å². The second kappa shape index (κ2) is 10.1. The SMILES string of the molecule is COc1ccc(N2CCN(C(=O)CCNCCc3ccccc3F)CC2)cc1. The van der Waals surface area contributed by atoms with Crippen LogP contribution in [-0.4, -0.2) is 57.2 Å². The maximum atomic E-state index is 13.6. The van der Waals surface area contributed by atoms with E-state index in [-0.39, 0.29) is 11.7 Å². The molecule has 5 nitrogen and oxygen atoms in total. The van der Waals surface area contributed by atoms with Gasteiger partial charge in [0.25, 0.3) is 0 Å². The predicted octanol–water partition coefficient (Wildman–Crippen LogP) is 2.71. The van der Waals surface area contributed by atoms with Crippen molar-refractivity contribution in [2.45, 2.75) is 12.8 Å². The van der Waals surface area contributed by atoms with Gasteiger partial charge in [-0.2, -0.15) is 0 Å². The van der Waals surface area contributed by atoms with Crippen LogP contribution in [-0.2, 0) is 11.2 Å². The lowest BCUT2D eigenvalue weighted by molar-refractivity contribution is -0.131. The van der Waals surface area contributed by atoms with Gasteiger partial charge in [-0.1, -0.05) is 18.2 Å². The molecular weight excluding hydrogens is 357 g/mol. The van der Waals surface area contributed by atoms with E-state index in [0.29, 0.717) is 31.5 Å². The van der Waals surface area contributed by atoms with Gasteiger partial charge in [-0.3, -0.25) is 4.79 Å². The molecule has 1 amide bonds. The number of nitrogens with zero attached hydrogens (tertiary/aromatic N) is 2. The molecule has 150 valence electrons. The first-order chi connectivity index (χ1) is 13.7. The molecule has 1 N–H and O–H groups in total. The number of halogens is 1. The fourth-order valence-corrected chi connectivity index (χ4v) is 3.41. The highest BCUT2D eigenvalue weighted by Crippen LogP contribution is 2.20. The number of anilines is 1. The Morgan fingerprint density at radius 3 is 2.43 bits per heavy atom. The standard InChI is InChI=1S/C22H28FN3O2/c1-28-20-8-6-19(7-9-20)25-14-16-26(17-15-25)22(27)11-13-24-12-10-18-4-2-3-5-21(18)23/h2-9,24H,10-17H2,1H3. The molecule has 0 radical (unpaired) electrons. The number of hydrogen-bond acceptors (Lipinski definition) is 4. The Morgan fingerprint density at radius 1 is 1.04 bits per heavy atom. The van der Waals surface area contributed by atoms with Crippen molar-refractivity contribution in [3.8, 4) is 5.75 Å². The van der Waals surface area contributed by atoms with Crippen molar-refractivity contribution in [3.05, 3.63) is 59.9 Å². The summed E-state index contributed by atoms with van der Waals surface area (Å²) >= 11 is 0. The Hall–Kier alpha value is -2.60. The topological polar surface area (TPSA) is 44.8 Å². The van der Waals surface area contributed by atoms with Crippen molar-refractivity contribution in [2.75, 3.05) is 51.3 Å². The van der Waals surface area contributed by atoms with Crippen molar-refractivity contribution in [1.29, 1.82) is 0 Å². The highest BCUT2D eigenvalue weighted by atomic mass is 19.1. The lowest BCUT2D eigenvalue weighted by Gasteiger charge is -2.36. The summed E-state index contributed by atoms with van der Waals surface area (Å²) in [7, 11) is 1.66. The maximum Gasteiger partial charge on any atom is 0.223 e. The molecular formula is C22H28FN3O2. The van der Waals surface area contributed by atoms with Gasteiger partial charge in [-0.05, 0) is 48.9 Å². The van der Waals surface area contributed by atoms with Crippen LogP contribution in [0.5, 0.6) is 5.75 Å². The van der Waals surface area contributed by atoms with Crippen LogP contribution in [0.15, 0.2) is 48.5 Å². The highest BCUT2D eigenvalue weighted by molar-refractivity contribution is 5.76. The molecule has 0 aliphatic carbocycles. The lowest BCUT2D eigenvalue weighted by atomic mass is 10.1. The minimum atomic E-state index is -0.171. The Labute approximate surface area is 166 Å². The van der Waals surface area contributed by atoms with Crippen LogP contribution in [0.1, 0.15) is 12.0 Å². The number of hydrogen-bond donors (Lipinski definition) is 1. The second-order valence-electron chi connectivity index (χ2n) is 6.91. The molecule has 2 aromatic rings. The van der Waals surface area contributed by atoms with E-state index in [1.807, 2.05) is 23.1 Å². The third-order valence-corrected chi connectivity index (χ3v) is 5.11. The van der Waals surface area contributed by atoms with E-state index < -0.39 is 0 Å². The predicted molar refractivity (Wildman–Crippen MR) is 109 cm³/mol. The summed E-state index contributed by atoms with van der Waals surface area (Å²) in [4.78, 5) is 16.6.